The standard InChI is InChI=1S/C12H19NOS/c1-9(14)10(2)15-12(8-13)11-6-4-3-5-7-11/h3-7,9-10,12,14H,8,13H2,1-2H3. The van der Waals surface area contributed by atoms with Gasteiger partial charge >= 0.3 is 0 Å². The second kappa shape index (κ2) is 6.16. The van der Waals surface area contributed by atoms with Crippen molar-refractivity contribution in [3.63, 3.8) is 0 Å². The number of thioether (sulfide) groups is 1. The van der Waals surface area contributed by atoms with Crippen molar-refractivity contribution < 1.29 is 5.11 Å². The van der Waals surface area contributed by atoms with Crippen LogP contribution in [-0.2, 0) is 0 Å². The Labute approximate surface area is 95.9 Å². The molecule has 0 saturated carbocycles. The molecule has 0 saturated heterocycles. The lowest BCUT2D eigenvalue weighted by molar-refractivity contribution is 0.196. The highest BCUT2D eigenvalue weighted by molar-refractivity contribution is 8.00. The zero-order valence-electron chi connectivity index (χ0n) is 9.26. The summed E-state index contributed by atoms with van der Waals surface area (Å²) in [6.45, 7) is 4.45. The average Bonchev–Trinajstić information content (AvgIpc) is 2.26. The first-order chi connectivity index (χ1) is 7.15. The maximum atomic E-state index is 9.45. The van der Waals surface area contributed by atoms with E-state index in [1.54, 1.807) is 11.8 Å². The number of nitrogens with two attached hydrogens (primary N) is 1. The van der Waals surface area contributed by atoms with E-state index in [1.165, 1.54) is 5.56 Å². The molecule has 3 N–H and O–H groups in total. The molecule has 84 valence electrons. The first kappa shape index (κ1) is 12.6. The number of aliphatic hydroxyl groups excluding tert-OH is 1. The molecule has 0 fully saturated rings. The predicted octanol–water partition coefficient (Wildman–Crippen LogP) is 2.19. The summed E-state index contributed by atoms with van der Waals surface area (Å²) in [6, 6.07) is 10.2. The van der Waals surface area contributed by atoms with Crippen molar-refractivity contribution in [3.8, 4) is 0 Å². The Balaban J connectivity index is 2.65. The van der Waals surface area contributed by atoms with Crippen LogP contribution in [0.1, 0.15) is 24.7 Å². The first-order valence-electron chi connectivity index (χ1n) is 5.23. The van der Waals surface area contributed by atoms with Crippen molar-refractivity contribution in [2.75, 3.05) is 6.54 Å². The van der Waals surface area contributed by atoms with Crippen molar-refractivity contribution >= 4 is 11.8 Å². The van der Waals surface area contributed by atoms with Crippen LogP contribution in [0.4, 0.5) is 0 Å². The van der Waals surface area contributed by atoms with Gasteiger partial charge in [0, 0.05) is 17.0 Å². The van der Waals surface area contributed by atoms with Gasteiger partial charge in [-0.15, -0.1) is 11.8 Å². The lowest BCUT2D eigenvalue weighted by Crippen LogP contribution is -2.20. The van der Waals surface area contributed by atoms with E-state index in [0.29, 0.717) is 6.54 Å². The molecule has 0 amide bonds. The molecule has 1 aromatic carbocycles. The van der Waals surface area contributed by atoms with E-state index in [-0.39, 0.29) is 16.6 Å². The lowest BCUT2D eigenvalue weighted by atomic mass is 10.1. The van der Waals surface area contributed by atoms with Crippen LogP contribution in [0.2, 0.25) is 0 Å². The summed E-state index contributed by atoms with van der Waals surface area (Å²) in [5.74, 6) is 0. The van der Waals surface area contributed by atoms with Gasteiger partial charge in [0.15, 0.2) is 0 Å². The molecule has 3 unspecified atom stereocenters. The molecule has 0 aromatic heterocycles. The van der Waals surface area contributed by atoms with Gasteiger partial charge in [-0.1, -0.05) is 37.3 Å². The molecule has 1 rings (SSSR count). The van der Waals surface area contributed by atoms with Crippen molar-refractivity contribution in [1.82, 2.24) is 0 Å². The molecule has 0 heterocycles. The molecule has 0 aliphatic heterocycles. The molecule has 0 aliphatic rings. The molecular weight excluding hydrogens is 206 g/mol. The van der Waals surface area contributed by atoms with Gasteiger partial charge < -0.3 is 10.8 Å². The number of benzene rings is 1. The highest BCUT2D eigenvalue weighted by Gasteiger charge is 2.17. The predicted molar refractivity (Wildman–Crippen MR) is 67.0 cm³/mol. The lowest BCUT2D eigenvalue weighted by Gasteiger charge is -2.21. The second-order valence-electron chi connectivity index (χ2n) is 3.72. The van der Waals surface area contributed by atoms with E-state index in [1.807, 2.05) is 32.0 Å². The first-order valence-corrected chi connectivity index (χ1v) is 6.18. The molecule has 0 bridgehead atoms. The Hall–Kier alpha value is -0.510. The van der Waals surface area contributed by atoms with Crippen molar-refractivity contribution in [2.45, 2.75) is 30.5 Å². The van der Waals surface area contributed by atoms with Gasteiger partial charge in [0.1, 0.15) is 0 Å². The van der Waals surface area contributed by atoms with Crippen LogP contribution in [0.15, 0.2) is 30.3 Å². The highest BCUT2D eigenvalue weighted by atomic mass is 32.2. The Bertz CT molecular complexity index is 276. The van der Waals surface area contributed by atoms with E-state index in [9.17, 15) is 5.11 Å². The Morgan fingerprint density at radius 2 is 1.87 bits per heavy atom. The molecule has 3 atom stereocenters. The number of hydrogen-bond acceptors (Lipinski definition) is 3. The fourth-order valence-corrected chi connectivity index (χ4v) is 2.48. The van der Waals surface area contributed by atoms with Crippen LogP contribution in [-0.4, -0.2) is 23.0 Å². The van der Waals surface area contributed by atoms with Gasteiger partial charge in [0.05, 0.1) is 6.10 Å². The van der Waals surface area contributed by atoms with Crippen LogP contribution in [0.5, 0.6) is 0 Å². The van der Waals surface area contributed by atoms with Gasteiger partial charge in [-0.3, -0.25) is 0 Å². The monoisotopic (exact) mass is 225 g/mol. The second-order valence-corrected chi connectivity index (χ2v) is 5.30. The molecule has 0 spiro atoms. The maximum absolute atomic E-state index is 9.45. The summed E-state index contributed by atoms with van der Waals surface area (Å²) in [5.41, 5.74) is 6.98. The summed E-state index contributed by atoms with van der Waals surface area (Å²) in [7, 11) is 0. The van der Waals surface area contributed by atoms with E-state index in [0.717, 1.165) is 0 Å². The SMILES string of the molecule is CC(O)C(C)SC(CN)c1ccccc1. The molecule has 3 heteroatoms. The van der Waals surface area contributed by atoms with Gasteiger partial charge in [-0.2, -0.15) is 0 Å². The Kier molecular flexibility index (Phi) is 5.15. The summed E-state index contributed by atoms with van der Waals surface area (Å²) in [5, 5.41) is 9.93. The minimum Gasteiger partial charge on any atom is -0.392 e. The third-order valence-electron chi connectivity index (χ3n) is 2.44. The number of rotatable bonds is 5. The van der Waals surface area contributed by atoms with Crippen LogP contribution < -0.4 is 5.73 Å². The van der Waals surface area contributed by atoms with Crippen LogP contribution >= 0.6 is 11.8 Å². The minimum atomic E-state index is -0.298. The third-order valence-corrected chi connectivity index (χ3v) is 4.06. The maximum Gasteiger partial charge on any atom is 0.0628 e. The van der Waals surface area contributed by atoms with Crippen LogP contribution in [0, 0.1) is 0 Å². The minimum absolute atomic E-state index is 0.207. The quantitative estimate of drug-likeness (QED) is 0.807. The van der Waals surface area contributed by atoms with Crippen molar-refractivity contribution in [3.05, 3.63) is 35.9 Å². The molecule has 1 aromatic rings. The highest BCUT2D eigenvalue weighted by Crippen LogP contribution is 2.32. The molecule has 2 nitrogen and oxygen atoms in total. The fourth-order valence-electron chi connectivity index (χ4n) is 1.31. The van der Waals surface area contributed by atoms with E-state index in [4.69, 9.17) is 5.73 Å². The van der Waals surface area contributed by atoms with Gasteiger partial charge in [-0.25, -0.2) is 0 Å². The average molecular weight is 225 g/mol. The topological polar surface area (TPSA) is 46.2 Å². The molecule has 15 heavy (non-hydrogen) atoms. The summed E-state index contributed by atoms with van der Waals surface area (Å²) < 4.78 is 0. The van der Waals surface area contributed by atoms with Crippen molar-refractivity contribution in [1.29, 1.82) is 0 Å². The fraction of sp³-hybridized carbons (Fsp3) is 0.500. The normalized spacial score (nSPS) is 17.1. The van der Waals surface area contributed by atoms with Gasteiger partial charge in [-0.05, 0) is 12.5 Å². The largest absolute Gasteiger partial charge is 0.392 e. The van der Waals surface area contributed by atoms with E-state index in [2.05, 4.69) is 12.1 Å². The summed E-state index contributed by atoms with van der Waals surface area (Å²) in [4.78, 5) is 0. The number of hydrogen-bond donors (Lipinski definition) is 2. The van der Waals surface area contributed by atoms with Crippen molar-refractivity contribution in [2.24, 2.45) is 5.73 Å². The smallest absolute Gasteiger partial charge is 0.0628 e. The Morgan fingerprint density at radius 3 is 2.33 bits per heavy atom. The van der Waals surface area contributed by atoms with Gasteiger partial charge in [0.2, 0.25) is 0 Å². The van der Waals surface area contributed by atoms with Crippen LogP contribution in [0.25, 0.3) is 0 Å². The zero-order chi connectivity index (χ0) is 11.3. The zero-order valence-corrected chi connectivity index (χ0v) is 10.1. The van der Waals surface area contributed by atoms with E-state index >= 15 is 0 Å². The molecule has 0 radical (unpaired) electrons. The Morgan fingerprint density at radius 1 is 1.27 bits per heavy atom. The summed E-state index contributed by atoms with van der Waals surface area (Å²) >= 11 is 1.73. The molecule has 0 aliphatic carbocycles. The van der Waals surface area contributed by atoms with E-state index < -0.39 is 0 Å². The molecular formula is C12H19NOS. The van der Waals surface area contributed by atoms with Gasteiger partial charge in [0.25, 0.3) is 0 Å². The van der Waals surface area contributed by atoms with Crippen LogP contribution in [0.3, 0.4) is 0 Å². The number of aliphatic hydroxyl groups is 1. The summed E-state index contributed by atoms with van der Waals surface area (Å²) in [6.07, 6.45) is -0.298. The third kappa shape index (κ3) is 3.86.